The van der Waals surface area contributed by atoms with E-state index >= 15 is 0 Å². The quantitative estimate of drug-likeness (QED) is 0.149. The number of ether oxygens (including phenoxy) is 1. The van der Waals surface area contributed by atoms with Crippen molar-refractivity contribution in [3.8, 4) is 0 Å². The molecule has 1 aromatic heterocycles. The molecule has 0 saturated carbocycles. The van der Waals surface area contributed by atoms with Crippen molar-refractivity contribution in [2.24, 2.45) is 0 Å². The SMILES string of the molecule is O=C(O/C(=C\c1nc2ccccc2n1Cc1ccccc1)c1ccccc1Br)c1ccccc1Br. The van der Waals surface area contributed by atoms with Crippen LogP contribution < -0.4 is 0 Å². The molecule has 0 N–H and O–H groups in total. The van der Waals surface area contributed by atoms with Crippen LogP contribution in [-0.2, 0) is 11.3 Å². The van der Waals surface area contributed by atoms with E-state index in [9.17, 15) is 4.79 Å². The standard InChI is InChI=1S/C29H20Br2N2O2/c30-23-14-6-4-12-21(23)27(35-29(34)22-13-5-7-15-24(22)31)18-28-32-25-16-8-9-17-26(25)33(28)19-20-10-2-1-3-11-20/h1-18H,19H2/b27-18-. The zero-order valence-corrected chi connectivity index (χ0v) is 21.7. The van der Waals surface area contributed by atoms with Crippen molar-refractivity contribution >= 4 is 60.7 Å². The van der Waals surface area contributed by atoms with Crippen molar-refractivity contribution in [3.05, 3.63) is 135 Å². The molecule has 0 unspecified atom stereocenters. The molecule has 0 aliphatic carbocycles. The summed E-state index contributed by atoms with van der Waals surface area (Å²) in [5.74, 6) is 0.647. The molecule has 0 aliphatic rings. The lowest BCUT2D eigenvalue weighted by Crippen LogP contribution is -2.07. The van der Waals surface area contributed by atoms with E-state index < -0.39 is 5.97 Å². The average molecular weight is 588 g/mol. The molecular formula is C29H20Br2N2O2. The number of nitrogens with zero attached hydrogens (tertiary/aromatic N) is 2. The second-order valence-corrected chi connectivity index (χ2v) is 9.60. The number of imidazole rings is 1. The van der Waals surface area contributed by atoms with Crippen molar-refractivity contribution in [3.63, 3.8) is 0 Å². The van der Waals surface area contributed by atoms with E-state index in [0.717, 1.165) is 26.6 Å². The van der Waals surface area contributed by atoms with Gasteiger partial charge in [0, 0.05) is 27.1 Å². The minimum absolute atomic E-state index is 0.405. The van der Waals surface area contributed by atoms with Crippen molar-refractivity contribution in [1.82, 2.24) is 9.55 Å². The summed E-state index contributed by atoms with van der Waals surface area (Å²) < 4.78 is 9.62. The molecule has 0 saturated heterocycles. The molecule has 0 bridgehead atoms. The van der Waals surface area contributed by atoms with Crippen molar-refractivity contribution in [2.45, 2.75) is 6.54 Å². The van der Waals surface area contributed by atoms with E-state index in [-0.39, 0.29) is 0 Å². The molecular weight excluding hydrogens is 568 g/mol. The zero-order valence-electron chi connectivity index (χ0n) is 18.6. The van der Waals surface area contributed by atoms with Gasteiger partial charge >= 0.3 is 5.97 Å². The number of carbonyl (C=O) groups is 1. The van der Waals surface area contributed by atoms with E-state index in [1.165, 1.54) is 0 Å². The molecule has 1 heterocycles. The molecule has 0 fully saturated rings. The minimum Gasteiger partial charge on any atom is -0.422 e. The Morgan fingerprint density at radius 3 is 2.09 bits per heavy atom. The van der Waals surface area contributed by atoms with Crippen molar-refractivity contribution in [1.29, 1.82) is 0 Å². The normalized spacial score (nSPS) is 11.5. The molecule has 4 nitrogen and oxygen atoms in total. The van der Waals surface area contributed by atoms with Crippen LogP contribution in [0.15, 0.2) is 112 Å². The Kier molecular flexibility index (Phi) is 6.93. The summed E-state index contributed by atoms with van der Waals surface area (Å²) >= 11 is 7.06. The summed E-state index contributed by atoms with van der Waals surface area (Å²) in [5.41, 5.74) is 4.23. The van der Waals surface area contributed by atoms with Gasteiger partial charge in [0.15, 0.2) is 0 Å². The zero-order chi connectivity index (χ0) is 24.2. The van der Waals surface area contributed by atoms with Crippen LogP contribution in [0, 0.1) is 0 Å². The van der Waals surface area contributed by atoms with Crippen LogP contribution in [-0.4, -0.2) is 15.5 Å². The van der Waals surface area contributed by atoms with Gasteiger partial charge in [-0.25, -0.2) is 9.78 Å². The number of benzene rings is 4. The Labute approximate surface area is 220 Å². The molecule has 6 heteroatoms. The highest BCUT2D eigenvalue weighted by Gasteiger charge is 2.18. The third-order valence-corrected chi connectivity index (χ3v) is 6.95. The lowest BCUT2D eigenvalue weighted by molar-refractivity contribution is 0.0692. The summed E-state index contributed by atoms with van der Waals surface area (Å²) in [4.78, 5) is 18.0. The number of halogens is 2. The summed E-state index contributed by atoms with van der Waals surface area (Å²) in [6, 6.07) is 33.1. The molecule has 0 spiro atoms. The van der Waals surface area contributed by atoms with E-state index in [1.807, 2.05) is 91.0 Å². The van der Waals surface area contributed by atoms with E-state index in [0.29, 0.717) is 28.2 Å². The van der Waals surface area contributed by atoms with Crippen molar-refractivity contribution in [2.75, 3.05) is 0 Å². The fraction of sp³-hybridized carbons (Fsp3) is 0.0345. The Balaban J connectivity index is 1.64. The number of esters is 1. The molecule has 5 rings (SSSR count). The van der Waals surface area contributed by atoms with Crippen LogP contribution in [0.3, 0.4) is 0 Å². The Hall–Kier alpha value is -3.48. The fourth-order valence-corrected chi connectivity index (χ4v) is 4.79. The topological polar surface area (TPSA) is 44.1 Å². The molecule has 0 radical (unpaired) electrons. The maximum atomic E-state index is 13.2. The predicted octanol–water partition coefficient (Wildman–Crippen LogP) is 7.96. The lowest BCUT2D eigenvalue weighted by Gasteiger charge is -2.13. The van der Waals surface area contributed by atoms with Crippen LogP contribution in [0.5, 0.6) is 0 Å². The van der Waals surface area contributed by atoms with Gasteiger partial charge in [-0.05, 0) is 51.8 Å². The number of rotatable bonds is 6. The van der Waals surface area contributed by atoms with E-state index in [2.05, 4.69) is 48.6 Å². The highest BCUT2D eigenvalue weighted by Crippen LogP contribution is 2.30. The molecule has 0 amide bonds. The first kappa shape index (κ1) is 23.3. The van der Waals surface area contributed by atoms with Gasteiger partial charge in [-0.15, -0.1) is 0 Å². The van der Waals surface area contributed by atoms with Crippen LogP contribution in [0.4, 0.5) is 0 Å². The van der Waals surface area contributed by atoms with Gasteiger partial charge in [0.05, 0.1) is 16.6 Å². The maximum Gasteiger partial charge on any atom is 0.344 e. The third-order valence-electron chi connectivity index (χ3n) is 5.56. The number of carbonyl (C=O) groups excluding carboxylic acids is 1. The van der Waals surface area contributed by atoms with Crippen LogP contribution in [0.25, 0.3) is 22.9 Å². The number of para-hydroxylation sites is 2. The Morgan fingerprint density at radius 2 is 1.37 bits per heavy atom. The number of hydrogen-bond acceptors (Lipinski definition) is 3. The molecule has 5 aromatic rings. The maximum absolute atomic E-state index is 13.2. The van der Waals surface area contributed by atoms with Crippen molar-refractivity contribution < 1.29 is 9.53 Å². The monoisotopic (exact) mass is 586 g/mol. The first-order chi connectivity index (χ1) is 17.1. The van der Waals surface area contributed by atoms with Crippen LogP contribution in [0.1, 0.15) is 27.3 Å². The van der Waals surface area contributed by atoms with E-state index in [4.69, 9.17) is 9.72 Å². The molecule has 0 atom stereocenters. The molecule has 0 aliphatic heterocycles. The molecule has 35 heavy (non-hydrogen) atoms. The van der Waals surface area contributed by atoms with Crippen LogP contribution >= 0.6 is 31.9 Å². The van der Waals surface area contributed by atoms with Gasteiger partial charge in [0.1, 0.15) is 11.6 Å². The minimum atomic E-state index is -0.454. The largest absolute Gasteiger partial charge is 0.422 e. The van der Waals surface area contributed by atoms with E-state index in [1.54, 1.807) is 6.07 Å². The highest BCUT2D eigenvalue weighted by atomic mass is 79.9. The van der Waals surface area contributed by atoms with Gasteiger partial charge in [-0.1, -0.05) is 88.7 Å². The second-order valence-electron chi connectivity index (χ2n) is 7.89. The summed E-state index contributed by atoms with van der Waals surface area (Å²) in [6.07, 6.45) is 1.83. The van der Waals surface area contributed by atoms with Gasteiger partial charge in [0.2, 0.25) is 0 Å². The van der Waals surface area contributed by atoms with Gasteiger partial charge in [-0.2, -0.15) is 0 Å². The number of aromatic nitrogens is 2. The summed E-state index contributed by atoms with van der Waals surface area (Å²) in [6.45, 7) is 0.634. The fourth-order valence-electron chi connectivity index (χ4n) is 3.86. The van der Waals surface area contributed by atoms with Gasteiger partial charge in [0.25, 0.3) is 0 Å². The predicted molar refractivity (Wildman–Crippen MR) is 147 cm³/mol. The summed E-state index contributed by atoms with van der Waals surface area (Å²) in [7, 11) is 0. The van der Waals surface area contributed by atoms with Crippen LogP contribution in [0.2, 0.25) is 0 Å². The first-order valence-corrected chi connectivity index (χ1v) is 12.6. The third kappa shape index (κ3) is 5.14. The number of fused-ring (bicyclic) bond motifs is 1. The molecule has 4 aromatic carbocycles. The van der Waals surface area contributed by atoms with Gasteiger partial charge < -0.3 is 9.30 Å². The second kappa shape index (κ2) is 10.4. The summed E-state index contributed by atoms with van der Waals surface area (Å²) in [5, 5.41) is 0. The average Bonchev–Trinajstić information content (AvgIpc) is 3.21. The number of hydrogen-bond donors (Lipinski definition) is 0. The Bertz CT molecular complexity index is 1540. The smallest absolute Gasteiger partial charge is 0.344 e. The Morgan fingerprint density at radius 1 is 0.771 bits per heavy atom. The highest BCUT2D eigenvalue weighted by molar-refractivity contribution is 9.10. The molecule has 172 valence electrons. The van der Waals surface area contributed by atoms with Gasteiger partial charge in [-0.3, -0.25) is 0 Å². The lowest BCUT2D eigenvalue weighted by atomic mass is 10.1. The first-order valence-electron chi connectivity index (χ1n) is 11.0.